The van der Waals surface area contributed by atoms with Crippen LogP contribution >= 0.6 is 0 Å². The topological polar surface area (TPSA) is 92.3 Å². The quantitative estimate of drug-likeness (QED) is 0.912. The summed E-state index contributed by atoms with van der Waals surface area (Å²) in [6.45, 7) is 5.33. The van der Waals surface area contributed by atoms with Gasteiger partial charge in [0.15, 0.2) is 0 Å². The lowest BCUT2D eigenvalue weighted by atomic mass is 10.2. The fraction of sp³-hybridized carbons (Fsp3) is 0.357. The van der Waals surface area contributed by atoms with E-state index in [-0.39, 0.29) is 5.82 Å². The van der Waals surface area contributed by atoms with Crippen molar-refractivity contribution in [3.05, 3.63) is 24.5 Å². The molecule has 0 fully saturated rings. The molecular formula is C14H18N4O3. The van der Waals surface area contributed by atoms with Crippen molar-refractivity contribution >= 4 is 11.9 Å². The van der Waals surface area contributed by atoms with Crippen molar-refractivity contribution in [3.63, 3.8) is 0 Å². The van der Waals surface area contributed by atoms with E-state index < -0.39 is 11.7 Å². The Bertz CT molecular complexity index is 658. The number of pyridine rings is 1. The molecule has 0 aromatic carbocycles. The molecule has 21 heavy (non-hydrogen) atoms. The molecule has 2 N–H and O–H groups in total. The highest BCUT2D eigenvalue weighted by atomic mass is 16.6. The second-order valence-corrected chi connectivity index (χ2v) is 5.46. The lowest BCUT2D eigenvalue weighted by Gasteiger charge is -2.19. The Morgan fingerprint density at radius 3 is 2.62 bits per heavy atom. The maximum atomic E-state index is 12.0. The number of hydrogen-bond donors (Lipinski definition) is 1. The minimum Gasteiger partial charge on any atom is -0.495 e. The summed E-state index contributed by atoms with van der Waals surface area (Å²) in [4.78, 5) is 16.1. The third-order valence-corrected chi connectivity index (χ3v) is 2.55. The predicted octanol–water partition coefficient (Wildman–Crippen LogP) is 2.32. The molecule has 0 bridgehead atoms. The first kappa shape index (κ1) is 14.8. The molecule has 7 nitrogen and oxygen atoms in total. The molecule has 0 aliphatic carbocycles. The minimum atomic E-state index is -0.623. The first-order valence-electron chi connectivity index (χ1n) is 6.38. The van der Waals surface area contributed by atoms with E-state index in [1.807, 2.05) is 0 Å². The van der Waals surface area contributed by atoms with Gasteiger partial charge >= 0.3 is 6.09 Å². The molecule has 0 amide bonds. The van der Waals surface area contributed by atoms with Gasteiger partial charge < -0.3 is 15.2 Å². The monoisotopic (exact) mass is 290 g/mol. The average molecular weight is 290 g/mol. The first-order valence-corrected chi connectivity index (χ1v) is 6.38. The van der Waals surface area contributed by atoms with Crippen molar-refractivity contribution in [1.29, 1.82) is 0 Å². The molecule has 0 radical (unpaired) electrons. The highest BCUT2D eigenvalue weighted by Gasteiger charge is 2.21. The van der Waals surface area contributed by atoms with Crippen LogP contribution in [0.3, 0.4) is 0 Å². The van der Waals surface area contributed by atoms with Crippen molar-refractivity contribution in [2.24, 2.45) is 0 Å². The Hall–Kier alpha value is -2.57. The van der Waals surface area contributed by atoms with Crippen LogP contribution in [0.15, 0.2) is 24.5 Å². The number of nitrogens with zero attached hydrogens (tertiary/aromatic N) is 3. The summed E-state index contributed by atoms with van der Waals surface area (Å²) in [5, 5.41) is 4.16. The molecule has 0 spiro atoms. The normalized spacial score (nSPS) is 11.2. The number of methoxy groups -OCH3 is 1. The molecule has 112 valence electrons. The molecule has 7 heteroatoms. The maximum Gasteiger partial charge on any atom is 0.437 e. The maximum absolute atomic E-state index is 12.0. The number of hydrogen-bond acceptors (Lipinski definition) is 6. The van der Waals surface area contributed by atoms with Crippen LogP contribution < -0.4 is 10.5 Å². The van der Waals surface area contributed by atoms with E-state index in [1.54, 1.807) is 52.4 Å². The van der Waals surface area contributed by atoms with E-state index in [9.17, 15) is 4.79 Å². The van der Waals surface area contributed by atoms with E-state index >= 15 is 0 Å². The van der Waals surface area contributed by atoms with Gasteiger partial charge in [-0.1, -0.05) is 0 Å². The van der Waals surface area contributed by atoms with Crippen molar-refractivity contribution in [2.75, 3.05) is 12.8 Å². The molecule has 0 atom stereocenters. The minimum absolute atomic E-state index is 0.196. The zero-order valence-corrected chi connectivity index (χ0v) is 12.5. The van der Waals surface area contributed by atoms with Gasteiger partial charge in [0.1, 0.15) is 17.2 Å². The molecule has 2 aromatic heterocycles. The van der Waals surface area contributed by atoms with E-state index in [0.717, 1.165) is 4.68 Å². The number of carbonyl (C=O) groups excluding carboxylic acids is 1. The fourth-order valence-electron chi connectivity index (χ4n) is 1.66. The van der Waals surface area contributed by atoms with Gasteiger partial charge in [0.25, 0.3) is 0 Å². The summed E-state index contributed by atoms with van der Waals surface area (Å²) in [6.07, 6.45) is 2.57. The van der Waals surface area contributed by atoms with E-state index in [2.05, 4.69) is 10.1 Å². The Kier molecular flexibility index (Phi) is 3.84. The Balaban J connectivity index is 2.32. The van der Waals surface area contributed by atoms with Crippen molar-refractivity contribution in [1.82, 2.24) is 14.8 Å². The third-order valence-electron chi connectivity index (χ3n) is 2.55. The molecule has 2 rings (SSSR count). The van der Waals surface area contributed by atoms with Crippen LogP contribution in [0.25, 0.3) is 11.3 Å². The Labute approximate surface area is 122 Å². The summed E-state index contributed by atoms with van der Waals surface area (Å²) in [5.74, 6) is 0.792. The van der Waals surface area contributed by atoms with Crippen LogP contribution in [-0.4, -0.2) is 33.6 Å². The van der Waals surface area contributed by atoms with Crippen LogP contribution in [0.4, 0.5) is 10.6 Å². The van der Waals surface area contributed by atoms with Crippen molar-refractivity contribution < 1.29 is 14.3 Å². The number of aromatic nitrogens is 3. The van der Waals surface area contributed by atoms with Gasteiger partial charge in [-0.3, -0.25) is 4.98 Å². The number of nitrogens with two attached hydrogens (primary N) is 1. The van der Waals surface area contributed by atoms with Crippen LogP contribution in [0.2, 0.25) is 0 Å². The molecule has 0 saturated heterocycles. The highest BCUT2D eigenvalue weighted by molar-refractivity contribution is 5.76. The van der Waals surface area contributed by atoms with E-state index in [1.165, 1.54) is 0 Å². The predicted molar refractivity (Wildman–Crippen MR) is 78.1 cm³/mol. The van der Waals surface area contributed by atoms with Gasteiger partial charge in [0.05, 0.1) is 19.0 Å². The van der Waals surface area contributed by atoms with Crippen molar-refractivity contribution in [3.8, 4) is 17.0 Å². The lowest BCUT2D eigenvalue weighted by molar-refractivity contribution is 0.0519. The van der Waals surface area contributed by atoms with Crippen LogP contribution in [0.1, 0.15) is 20.8 Å². The summed E-state index contributed by atoms with van der Waals surface area (Å²) in [7, 11) is 1.55. The van der Waals surface area contributed by atoms with Crippen LogP contribution in [-0.2, 0) is 4.74 Å². The van der Waals surface area contributed by atoms with Gasteiger partial charge in [0, 0.05) is 17.8 Å². The molecule has 0 aliphatic heterocycles. The van der Waals surface area contributed by atoms with E-state index in [4.69, 9.17) is 15.2 Å². The SMILES string of the molecule is COc1cncc(-c2cc(N)n(C(=O)OC(C)(C)C)n2)c1. The summed E-state index contributed by atoms with van der Waals surface area (Å²) >= 11 is 0. The zero-order chi connectivity index (χ0) is 15.6. The van der Waals surface area contributed by atoms with Gasteiger partial charge in [-0.25, -0.2) is 4.79 Å². The summed E-state index contributed by atoms with van der Waals surface area (Å²) in [6, 6.07) is 3.34. The largest absolute Gasteiger partial charge is 0.495 e. The van der Waals surface area contributed by atoms with Crippen molar-refractivity contribution in [2.45, 2.75) is 26.4 Å². The number of nitrogen functional groups attached to an aromatic ring is 1. The molecule has 0 unspecified atom stereocenters. The second-order valence-electron chi connectivity index (χ2n) is 5.46. The van der Waals surface area contributed by atoms with Gasteiger partial charge in [-0.05, 0) is 26.8 Å². The Morgan fingerprint density at radius 2 is 2.00 bits per heavy atom. The molecular weight excluding hydrogens is 272 g/mol. The fourth-order valence-corrected chi connectivity index (χ4v) is 1.66. The molecule has 0 saturated carbocycles. The van der Waals surface area contributed by atoms with Gasteiger partial charge in [0.2, 0.25) is 0 Å². The zero-order valence-electron chi connectivity index (χ0n) is 12.5. The number of ether oxygens (including phenoxy) is 2. The molecule has 2 aromatic rings. The van der Waals surface area contributed by atoms with Crippen LogP contribution in [0, 0.1) is 0 Å². The summed E-state index contributed by atoms with van der Waals surface area (Å²) in [5.41, 5.74) is 6.41. The lowest BCUT2D eigenvalue weighted by Crippen LogP contribution is -2.28. The van der Waals surface area contributed by atoms with Gasteiger partial charge in [-0.2, -0.15) is 5.10 Å². The van der Waals surface area contributed by atoms with Crippen LogP contribution in [0.5, 0.6) is 5.75 Å². The standard InChI is InChI=1S/C14H18N4O3/c1-14(2,3)21-13(19)18-12(15)6-11(17-18)9-5-10(20-4)8-16-7-9/h5-8H,15H2,1-4H3. The molecule has 0 aliphatic rings. The van der Waals surface area contributed by atoms with Gasteiger partial charge in [-0.15, -0.1) is 4.68 Å². The smallest absolute Gasteiger partial charge is 0.437 e. The first-order chi connectivity index (χ1) is 9.80. The second kappa shape index (κ2) is 5.43. The number of anilines is 1. The number of carbonyl (C=O) groups is 1. The Morgan fingerprint density at radius 1 is 1.29 bits per heavy atom. The highest BCUT2D eigenvalue weighted by Crippen LogP contribution is 2.23. The van der Waals surface area contributed by atoms with E-state index in [0.29, 0.717) is 17.0 Å². The summed E-state index contributed by atoms with van der Waals surface area (Å²) < 4.78 is 11.4. The number of rotatable bonds is 2. The third kappa shape index (κ3) is 3.50. The average Bonchev–Trinajstić information content (AvgIpc) is 2.79. The molecule has 2 heterocycles.